The minimum Gasteiger partial charge on any atom is -0.336 e. The first-order valence-corrected chi connectivity index (χ1v) is 8.42. The zero-order valence-corrected chi connectivity index (χ0v) is 14.3. The third kappa shape index (κ3) is 3.01. The van der Waals surface area contributed by atoms with E-state index in [1.165, 1.54) is 31.2 Å². The highest BCUT2D eigenvalue weighted by Crippen LogP contribution is 2.30. The van der Waals surface area contributed by atoms with E-state index in [1.54, 1.807) is 0 Å². The van der Waals surface area contributed by atoms with Crippen molar-refractivity contribution >= 4 is 17.8 Å². The molecule has 0 bridgehead atoms. The van der Waals surface area contributed by atoms with Crippen LogP contribution in [0.4, 0.5) is 9.18 Å². The van der Waals surface area contributed by atoms with Gasteiger partial charge in [0, 0.05) is 0 Å². The van der Waals surface area contributed by atoms with E-state index in [9.17, 15) is 24.0 Å². The maximum absolute atomic E-state index is 13.1. The van der Waals surface area contributed by atoms with Crippen molar-refractivity contribution in [3.8, 4) is 6.07 Å². The third-order valence-electron chi connectivity index (χ3n) is 5.05. The van der Waals surface area contributed by atoms with E-state index in [0.717, 1.165) is 17.7 Å². The van der Waals surface area contributed by atoms with Gasteiger partial charge in [-0.25, -0.2) is 9.18 Å². The van der Waals surface area contributed by atoms with Crippen molar-refractivity contribution < 1.29 is 18.8 Å². The Morgan fingerprint density at radius 1 is 1.31 bits per heavy atom. The van der Waals surface area contributed by atoms with Crippen molar-refractivity contribution in [1.29, 1.82) is 5.26 Å². The number of nitriles is 1. The number of imide groups is 1. The molecule has 4 amide bonds. The molecule has 136 valence electrons. The van der Waals surface area contributed by atoms with Gasteiger partial charge in [0.1, 0.15) is 23.4 Å². The number of nitrogens with zero attached hydrogens (tertiary/aromatic N) is 2. The Labute approximate surface area is 150 Å². The summed E-state index contributed by atoms with van der Waals surface area (Å²) in [6.07, 6.45) is 2.81. The molecule has 8 heteroatoms. The number of carbonyl (C=O) groups excluding carboxylic acids is 3. The van der Waals surface area contributed by atoms with Gasteiger partial charge >= 0.3 is 6.03 Å². The summed E-state index contributed by atoms with van der Waals surface area (Å²) in [6.45, 7) is 1.04. The lowest BCUT2D eigenvalue weighted by molar-refractivity contribution is -0.135. The summed E-state index contributed by atoms with van der Waals surface area (Å²) in [5, 5.41) is 14.5. The van der Waals surface area contributed by atoms with Crippen molar-refractivity contribution in [3.63, 3.8) is 0 Å². The number of carbonyl (C=O) groups is 3. The van der Waals surface area contributed by atoms with E-state index in [4.69, 9.17) is 0 Å². The fraction of sp³-hybridized carbons (Fsp3) is 0.444. The molecule has 1 aromatic rings. The largest absolute Gasteiger partial charge is 0.336 e. The average molecular weight is 358 g/mol. The van der Waals surface area contributed by atoms with Crippen LogP contribution < -0.4 is 10.6 Å². The van der Waals surface area contributed by atoms with Crippen molar-refractivity contribution in [3.05, 3.63) is 35.6 Å². The molecule has 1 aliphatic heterocycles. The number of urea groups is 1. The number of amides is 4. The highest BCUT2D eigenvalue weighted by Gasteiger charge is 2.50. The van der Waals surface area contributed by atoms with Gasteiger partial charge in [0.25, 0.3) is 5.91 Å². The predicted molar refractivity (Wildman–Crippen MR) is 89.0 cm³/mol. The van der Waals surface area contributed by atoms with Crippen molar-refractivity contribution in [2.45, 2.75) is 43.7 Å². The summed E-state index contributed by atoms with van der Waals surface area (Å²) in [5.41, 5.74) is -1.87. The van der Waals surface area contributed by atoms with Crippen molar-refractivity contribution in [2.24, 2.45) is 0 Å². The second kappa shape index (κ2) is 6.41. The maximum atomic E-state index is 13.1. The van der Waals surface area contributed by atoms with Gasteiger partial charge in [-0.1, -0.05) is 12.1 Å². The van der Waals surface area contributed by atoms with Crippen LogP contribution in [-0.2, 0) is 15.1 Å². The van der Waals surface area contributed by atoms with Gasteiger partial charge in [-0.2, -0.15) is 5.26 Å². The number of benzene rings is 1. The van der Waals surface area contributed by atoms with Crippen LogP contribution in [0.5, 0.6) is 0 Å². The summed E-state index contributed by atoms with van der Waals surface area (Å²) < 4.78 is 13.1. The van der Waals surface area contributed by atoms with E-state index in [2.05, 4.69) is 16.7 Å². The maximum Gasteiger partial charge on any atom is 0.325 e. The van der Waals surface area contributed by atoms with E-state index in [1.807, 2.05) is 0 Å². The summed E-state index contributed by atoms with van der Waals surface area (Å²) >= 11 is 0. The average Bonchev–Trinajstić information content (AvgIpc) is 3.15. The van der Waals surface area contributed by atoms with E-state index in [0.29, 0.717) is 18.4 Å². The third-order valence-corrected chi connectivity index (χ3v) is 5.05. The van der Waals surface area contributed by atoms with Crippen LogP contribution in [0.3, 0.4) is 0 Å². The first-order valence-electron chi connectivity index (χ1n) is 8.42. The topological polar surface area (TPSA) is 102 Å². The SMILES string of the molecule is C[C@@]1(c2ccc(F)cc2)NC(=O)N(CC(=O)NC2(C#N)CCCC2)C1=O. The minimum atomic E-state index is -1.37. The first kappa shape index (κ1) is 17.9. The lowest BCUT2D eigenvalue weighted by atomic mass is 9.92. The monoisotopic (exact) mass is 358 g/mol. The second-order valence-corrected chi connectivity index (χ2v) is 6.90. The molecule has 1 aromatic carbocycles. The fourth-order valence-electron chi connectivity index (χ4n) is 3.51. The molecule has 3 rings (SSSR count). The molecule has 1 saturated heterocycles. The molecule has 1 atom stereocenters. The van der Waals surface area contributed by atoms with Gasteiger partial charge in [0.15, 0.2) is 0 Å². The zero-order valence-electron chi connectivity index (χ0n) is 14.3. The van der Waals surface area contributed by atoms with Crippen LogP contribution in [0.15, 0.2) is 24.3 Å². The molecular weight excluding hydrogens is 339 g/mol. The summed E-state index contributed by atoms with van der Waals surface area (Å²) in [4.78, 5) is 38.1. The number of rotatable bonds is 4. The predicted octanol–water partition coefficient (Wildman–Crippen LogP) is 1.55. The summed E-state index contributed by atoms with van der Waals surface area (Å²) in [7, 11) is 0. The van der Waals surface area contributed by atoms with Crippen LogP contribution in [-0.4, -0.2) is 34.8 Å². The molecule has 1 aliphatic carbocycles. The molecule has 2 N–H and O–H groups in total. The molecule has 7 nitrogen and oxygen atoms in total. The van der Waals surface area contributed by atoms with Gasteiger partial charge in [-0.3, -0.25) is 14.5 Å². The smallest absolute Gasteiger partial charge is 0.325 e. The standard InChI is InChI=1S/C18H19FN4O3/c1-17(12-4-6-13(19)7-5-12)15(25)23(16(26)22-17)10-14(24)21-18(11-20)8-2-3-9-18/h4-7H,2-3,8-10H2,1H3,(H,21,24)(H,22,26)/t17-/m0/s1. The van der Waals surface area contributed by atoms with Crippen molar-refractivity contribution in [2.75, 3.05) is 6.54 Å². The fourth-order valence-corrected chi connectivity index (χ4v) is 3.51. The Balaban J connectivity index is 1.74. The molecule has 1 saturated carbocycles. The van der Waals surface area contributed by atoms with Crippen LogP contribution in [0.25, 0.3) is 0 Å². The van der Waals surface area contributed by atoms with Gasteiger partial charge in [-0.15, -0.1) is 0 Å². The Hall–Kier alpha value is -2.95. The number of hydrogen-bond donors (Lipinski definition) is 2. The lowest BCUT2D eigenvalue weighted by Crippen LogP contribution is -2.50. The molecule has 0 spiro atoms. The first-order chi connectivity index (χ1) is 12.3. The van der Waals surface area contributed by atoms with E-state index >= 15 is 0 Å². The van der Waals surface area contributed by atoms with Gasteiger partial charge in [-0.05, 0) is 50.3 Å². The normalized spacial score (nSPS) is 24.3. The molecule has 2 fully saturated rings. The molecule has 0 unspecified atom stereocenters. The quantitative estimate of drug-likeness (QED) is 0.797. The van der Waals surface area contributed by atoms with Gasteiger partial charge in [0.2, 0.25) is 5.91 Å². The second-order valence-electron chi connectivity index (χ2n) is 6.90. The van der Waals surface area contributed by atoms with Crippen LogP contribution in [0.1, 0.15) is 38.2 Å². The van der Waals surface area contributed by atoms with E-state index in [-0.39, 0.29) is 0 Å². The Bertz CT molecular complexity index is 796. The molecule has 0 radical (unpaired) electrons. The highest BCUT2D eigenvalue weighted by molar-refractivity contribution is 6.09. The van der Waals surface area contributed by atoms with E-state index < -0.39 is 41.3 Å². The molecule has 0 aromatic heterocycles. The van der Waals surface area contributed by atoms with Crippen LogP contribution in [0.2, 0.25) is 0 Å². The summed E-state index contributed by atoms with van der Waals surface area (Å²) in [5.74, 6) is -1.61. The molecular formula is C18H19FN4O3. The van der Waals surface area contributed by atoms with Crippen LogP contribution in [0, 0.1) is 17.1 Å². The van der Waals surface area contributed by atoms with Crippen LogP contribution >= 0.6 is 0 Å². The molecule has 26 heavy (non-hydrogen) atoms. The molecule has 1 heterocycles. The van der Waals surface area contributed by atoms with Gasteiger partial charge in [0.05, 0.1) is 6.07 Å². The summed E-state index contributed by atoms with van der Waals surface area (Å²) in [6, 6.07) is 6.67. The Morgan fingerprint density at radius 3 is 2.50 bits per heavy atom. The number of halogens is 1. The minimum absolute atomic E-state index is 0.421. The highest BCUT2D eigenvalue weighted by atomic mass is 19.1. The number of hydrogen-bond acceptors (Lipinski definition) is 4. The number of nitrogens with one attached hydrogen (secondary N) is 2. The Morgan fingerprint density at radius 2 is 1.92 bits per heavy atom. The molecule has 2 aliphatic rings. The Kier molecular flexibility index (Phi) is 4.40. The van der Waals surface area contributed by atoms with Gasteiger partial charge < -0.3 is 10.6 Å². The lowest BCUT2D eigenvalue weighted by Gasteiger charge is -2.24. The van der Waals surface area contributed by atoms with Crippen molar-refractivity contribution in [1.82, 2.24) is 15.5 Å². The zero-order chi connectivity index (χ0) is 18.9.